The van der Waals surface area contributed by atoms with Crippen LogP contribution in [0.15, 0.2) is 72.8 Å². The molecular weight excluding hydrogens is 428 g/mol. The molecule has 3 rings (SSSR count). The topological polar surface area (TPSA) is 41.6 Å². The van der Waals surface area contributed by atoms with Gasteiger partial charge in [0.05, 0.1) is 6.04 Å². The molecule has 2 aromatic carbocycles. The minimum atomic E-state index is -0.833. The van der Waals surface area contributed by atoms with Crippen molar-refractivity contribution >= 4 is 23.3 Å². The van der Waals surface area contributed by atoms with Gasteiger partial charge in [-0.15, -0.1) is 0 Å². The smallest absolute Gasteiger partial charge is 0.267 e. The molecule has 0 spiro atoms. The average molecular weight is 465 g/mol. The first kappa shape index (κ1) is 25.1. The van der Waals surface area contributed by atoms with Crippen molar-refractivity contribution in [3.8, 4) is 0 Å². The lowest BCUT2D eigenvalue weighted by atomic mass is 9.75. The highest BCUT2D eigenvalue weighted by molar-refractivity contribution is 7.80. The van der Waals surface area contributed by atoms with Gasteiger partial charge >= 0.3 is 0 Å². The maximum atomic E-state index is 13.4. The number of nitrogens with one attached hydrogen (secondary N) is 1. The van der Waals surface area contributed by atoms with Crippen LogP contribution in [0, 0.1) is 5.92 Å². The Morgan fingerprint density at radius 1 is 1.03 bits per heavy atom. The van der Waals surface area contributed by atoms with Gasteiger partial charge in [0, 0.05) is 17.5 Å². The fourth-order valence-electron chi connectivity index (χ4n) is 4.71. The van der Waals surface area contributed by atoms with Crippen molar-refractivity contribution in [2.24, 2.45) is 5.92 Å². The van der Waals surface area contributed by atoms with Gasteiger partial charge in [-0.2, -0.15) is 0 Å². The van der Waals surface area contributed by atoms with E-state index in [0.717, 1.165) is 30.5 Å². The molecule has 4 nitrogen and oxygen atoms in total. The Morgan fingerprint density at radius 3 is 2.18 bits per heavy atom. The van der Waals surface area contributed by atoms with Crippen molar-refractivity contribution in [2.75, 3.05) is 13.6 Å². The van der Waals surface area contributed by atoms with Gasteiger partial charge < -0.3 is 10.1 Å². The Labute approximate surface area is 204 Å². The quantitative estimate of drug-likeness (QED) is 0.258. The van der Waals surface area contributed by atoms with E-state index in [1.165, 1.54) is 12.8 Å². The summed E-state index contributed by atoms with van der Waals surface area (Å²) in [6, 6.07) is 20.0. The molecule has 5 heteroatoms. The standard InChI is InChI=1S/C28H36N2O2S/c1-22(2)26-28(23-16-10-8-11-17-23,24-18-12-9-13-19-24)32-27(33)30(26)25(31)20-14-6-4-5-7-15-21-29-3/h6,8-14,16-19,22,26,29H,4-5,7,15,20-21H2,1-3H3/b14-6+/t26-/m0/s1. The third-order valence-electron chi connectivity index (χ3n) is 6.20. The zero-order chi connectivity index (χ0) is 23.7. The second-order valence-electron chi connectivity index (χ2n) is 8.92. The summed E-state index contributed by atoms with van der Waals surface area (Å²) >= 11 is 5.68. The molecule has 33 heavy (non-hydrogen) atoms. The first-order valence-electron chi connectivity index (χ1n) is 12.0. The minimum Gasteiger partial charge on any atom is -0.452 e. The lowest BCUT2D eigenvalue weighted by Crippen LogP contribution is -2.49. The zero-order valence-electron chi connectivity index (χ0n) is 20.0. The van der Waals surface area contributed by atoms with Gasteiger partial charge in [0.25, 0.3) is 5.17 Å². The summed E-state index contributed by atoms with van der Waals surface area (Å²) in [4.78, 5) is 15.1. The van der Waals surface area contributed by atoms with Gasteiger partial charge in [-0.05, 0) is 51.0 Å². The lowest BCUT2D eigenvalue weighted by molar-refractivity contribution is -0.128. The first-order valence-corrected chi connectivity index (χ1v) is 12.4. The second-order valence-corrected chi connectivity index (χ2v) is 9.27. The van der Waals surface area contributed by atoms with E-state index in [1.807, 2.05) is 49.5 Å². The Bertz CT molecular complexity index is 888. The molecule has 1 fully saturated rings. The Hall–Kier alpha value is -2.50. The summed E-state index contributed by atoms with van der Waals surface area (Å²) in [7, 11) is 1.98. The van der Waals surface area contributed by atoms with Crippen molar-refractivity contribution in [2.45, 2.75) is 57.6 Å². The van der Waals surface area contributed by atoms with Crippen LogP contribution in [0.25, 0.3) is 0 Å². The van der Waals surface area contributed by atoms with E-state index in [-0.39, 0.29) is 23.0 Å². The van der Waals surface area contributed by atoms with E-state index in [0.29, 0.717) is 6.42 Å². The number of benzene rings is 2. The van der Waals surface area contributed by atoms with Gasteiger partial charge in [-0.25, -0.2) is 0 Å². The van der Waals surface area contributed by atoms with Crippen molar-refractivity contribution in [3.63, 3.8) is 0 Å². The molecule has 1 atom stereocenters. The number of unbranched alkanes of at least 4 members (excludes halogenated alkanes) is 3. The third-order valence-corrected chi connectivity index (χ3v) is 6.48. The van der Waals surface area contributed by atoms with E-state index >= 15 is 0 Å². The fourth-order valence-corrected chi connectivity index (χ4v) is 5.05. The van der Waals surface area contributed by atoms with Crippen LogP contribution in [0.3, 0.4) is 0 Å². The average Bonchev–Trinajstić information content (AvgIpc) is 3.16. The van der Waals surface area contributed by atoms with E-state index in [2.05, 4.69) is 49.5 Å². The number of hydrogen-bond donors (Lipinski definition) is 1. The van der Waals surface area contributed by atoms with Gasteiger partial charge in [-0.1, -0.05) is 93.1 Å². The first-order chi connectivity index (χ1) is 16.0. The molecule has 2 aromatic rings. The molecule has 1 aliphatic heterocycles. The van der Waals surface area contributed by atoms with Crippen LogP contribution >= 0.6 is 12.2 Å². The van der Waals surface area contributed by atoms with Crippen LogP contribution in [-0.4, -0.2) is 35.6 Å². The van der Waals surface area contributed by atoms with Gasteiger partial charge in [-0.3, -0.25) is 9.69 Å². The van der Waals surface area contributed by atoms with Gasteiger partial charge in [0.1, 0.15) is 0 Å². The number of nitrogens with zero attached hydrogens (tertiary/aromatic N) is 1. The van der Waals surface area contributed by atoms with E-state index in [4.69, 9.17) is 17.0 Å². The molecule has 0 unspecified atom stereocenters. The van der Waals surface area contributed by atoms with Crippen LogP contribution in [0.2, 0.25) is 0 Å². The molecule has 0 aromatic heterocycles. The molecule has 1 N–H and O–H groups in total. The molecule has 1 heterocycles. The van der Waals surface area contributed by atoms with Crippen molar-refractivity contribution in [3.05, 3.63) is 83.9 Å². The normalized spacial score (nSPS) is 17.6. The summed E-state index contributed by atoms with van der Waals surface area (Å²) in [6.45, 7) is 5.31. The molecule has 0 radical (unpaired) electrons. The van der Waals surface area contributed by atoms with Crippen LogP contribution < -0.4 is 5.32 Å². The number of thiocarbonyl (C=S) groups is 1. The predicted molar refractivity (Wildman–Crippen MR) is 139 cm³/mol. The van der Waals surface area contributed by atoms with Gasteiger partial charge in [0.15, 0.2) is 5.60 Å². The van der Waals surface area contributed by atoms with Crippen molar-refractivity contribution in [1.29, 1.82) is 0 Å². The monoisotopic (exact) mass is 464 g/mol. The van der Waals surface area contributed by atoms with Crippen molar-refractivity contribution in [1.82, 2.24) is 10.2 Å². The summed E-state index contributed by atoms with van der Waals surface area (Å²) in [5.41, 5.74) is 1.18. The van der Waals surface area contributed by atoms with Gasteiger partial charge in [0.2, 0.25) is 5.91 Å². The maximum Gasteiger partial charge on any atom is 0.267 e. The minimum absolute atomic E-state index is 0.0149. The van der Waals surface area contributed by atoms with Crippen LogP contribution in [-0.2, 0) is 15.1 Å². The SMILES string of the molecule is CNCCCCC/C=C/CC(=O)N1C(=S)OC(c2ccccc2)(c2ccccc2)[C@@H]1C(C)C. The Kier molecular flexibility index (Phi) is 9.21. The Balaban J connectivity index is 1.84. The number of ether oxygens (including phenoxy) is 1. The Morgan fingerprint density at radius 2 is 1.64 bits per heavy atom. The number of hydrogen-bond acceptors (Lipinski definition) is 4. The molecule has 0 bridgehead atoms. The predicted octanol–water partition coefficient (Wildman–Crippen LogP) is 5.82. The van der Waals surface area contributed by atoms with Crippen LogP contribution in [0.4, 0.5) is 0 Å². The molecule has 1 saturated heterocycles. The third kappa shape index (κ3) is 5.71. The summed E-state index contributed by atoms with van der Waals surface area (Å²) < 4.78 is 6.52. The van der Waals surface area contributed by atoms with Crippen molar-refractivity contribution < 1.29 is 9.53 Å². The molecule has 0 saturated carbocycles. The summed E-state index contributed by atoms with van der Waals surface area (Å²) in [5, 5.41) is 3.43. The molecule has 1 aliphatic rings. The zero-order valence-corrected chi connectivity index (χ0v) is 20.8. The molecular formula is C28H36N2O2S. The van der Waals surface area contributed by atoms with Crippen LogP contribution in [0.5, 0.6) is 0 Å². The number of carbonyl (C=O) groups is 1. The molecule has 1 amide bonds. The molecule has 176 valence electrons. The maximum absolute atomic E-state index is 13.4. The van der Waals surface area contributed by atoms with E-state index < -0.39 is 5.60 Å². The number of allylic oxidation sites excluding steroid dienone is 1. The highest BCUT2D eigenvalue weighted by atomic mass is 32.1. The number of amides is 1. The largest absolute Gasteiger partial charge is 0.452 e. The summed E-state index contributed by atoms with van der Waals surface area (Å²) in [5.74, 6) is 0.116. The highest BCUT2D eigenvalue weighted by Gasteiger charge is 2.57. The lowest BCUT2D eigenvalue weighted by Gasteiger charge is -2.38. The number of carbonyl (C=O) groups excluding carboxylic acids is 1. The molecule has 0 aliphatic carbocycles. The van der Waals surface area contributed by atoms with Crippen LogP contribution in [0.1, 0.15) is 57.1 Å². The fraction of sp³-hybridized carbons (Fsp3) is 0.429. The highest BCUT2D eigenvalue weighted by Crippen LogP contribution is 2.47. The van der Waals surface area contributed by atoms with E-state index in [1.54, 1.807) is 4.90 Å². The number of rotatable bonds is 11. The second kappa shape index (κ2) is 12.1. The summed E-state index contributed by atoms with van der Waals surface area (Å²) in [6.07, 6.45) is 8.91. The van der Waals surface area contributed by atoms with E-state index in [9.17, 15) is 4.79 Å².